The maximum atomic E-state index is 11.2. The summed E-state index contributed by atoms with van der Waals surface area (Å²) < 4.78 is 0. The van der Waals surface area contributed by atoms with E-state index in [0.717, 1.165) is 12.0 Å². The summed E-state index contributed by atoms with van der Waals surface area (Å²) in [6.07, 6.45) is 6.98. The van der Waals surface area contributed by atoms with Crippen molar-refractivity contribution in [2.45, 2.75) is 57.2 Å². The topological polar surface area (TPSA) is 43.1 Å². The molecule has 0 saturated heterocycles. The van der Waals surface area contributed by atoms with Crippen LogP contribution in [0.5, 0.6) is 0 Å². The second-order valence-corrected chi connectivity index (χ2v) is 7.83. The van der Waals surface area contributed by atoms with E-state index in [9.17, 15) is 10.1 Å². The normalized spacial score (nSPS) is 18.9. The van der Waals surface area contributed by atoms with E-state index in [-0.39, 0.29) is 10.6 Å². The van der Waals surface area contributed by atoms with Gasteiger partial charge in [-0.2, -0.15) is 0 Å². The van der Waals surface area contributed by atoms with Gasteiger partial charge in [-0.15, -0.1) is 0 Å². The van der Waals surface area contributed by atoms with Crippen LogP contribution >= 0.6 is 15.9 Å². The van der Waals surface area contributed by atoms with Gasteiger partial charge in [0.05, 0.1) is 4.92 Å². The smallest absolute Gasteiger partial charge is 0.258 e. The molecule has 0 aliphatic heterocycles. The van der Waals surface area contributed by atoms with Gasteiger partial charge in [-0.1, -0.05) is 60.8 Å². The first-order valence-corrected chi connectivity index (χ1v) is 8.72. The fourth-order valence-electron chi connectivity index (χ4n) is 3.81. The van der Waals surface area contributed by atoms with E-state index < -0.39 is 0 Å². The summed E-state index contributed by atoms with van der Waals surface area (Å²) in [5.41, 5.74) is 1.40. The SMILES string of the molecule is CC(C)CC1(C(Br)Cc2ccccc2[N+](=O)[O-])CCCC1. The van der Waals surface area contributed by atoms with Crippen LogP contribution in [-0.4, -0.2) is 9.75 Å². The molecule has 0 radical (unpaired) electrons. The highest BCUT2D eigenvalue weighted by atomic mass is 79.9. The minimum atomic E-state index is -0.265. The van der Waals surface area contributed by atoms with Gasteiger partial charge in [-0.3, -0.25) is 10.1 Å². The third-order valence-electron chi connectivity index (χ3n) is 4.67. The first-order chi connectivity index (χ1) is 9.94. The van der Waals surface area contributed by atoms with E-state index in [1.54, 1.807) is 12.1 Å². The van der Waals surface area contributed by atoms with Crippen LogP contribution in [0.2, 0.25) is 0 Å². The molecule has 3 nitrogen and oxygen atoms in total. The Balaban J connectivity index is 2.19. The first kappa shape index (κ1) is 16.5. The van der Waals surface area contributed by atoms with Crippen LogP contribution < -0.4 is 0 Å². The molecule has 1 aromatic carbocycles. The van der Waals surface area contributed by atoms with Gasteiger partial charge in [-0.25, -0.2) is 0 Å². The van der Waals surface area contributed by atoms with Crippen molar-refractivity contribution in [2.75, 3.05) is 0 Å². The summed E-state index contributed by atoms with van der Waals surface area (Å²) in [5.74, 6) is 0.661. The van der Waals surface area contributed by atoms with Crippen molar-refractivity contribution in [3.8, 4) is 0 Å². The quantitative estimate of drug-likeness (QED) is 0.384. The molecule has 1 saturated carbocycles. The molecule has 1 aliphatic rings. The number of alkyl halides is 1. The van der Waals surface area contributed by atoms with Crippen molar-refractivity contribution in [1.29, 1.82) is 0 Å². The van der Waals surface area contributed by atoms with Crippen LogP contribution in [0.15, 0.2) is 24.3 Å². The lowest BCUT2D eigenvalue weighted by Gasteiger charge is -2.36. The molecule has 0 bridgehead atoms. The van der Waals surface area contributed by atoms with Gasteiger partial charge in [0.2, 0.25) is 0 Å². The molecule has 1 atom stereocenters. The lowest BCUT2D eigenvalue weighted by molar-refractivity contribution is -0.385. The van der Waals surface area contributed by atoms with Crippen molar-refractivity contribution in [3.63, 3.8) is 0 Å². The van der Waals surface area contributed by atoms with Gasteiger partial charge >= 0.3 is 0 Å². The molecule has 2 rings (SSSR count). The molecule has 0 N–H and O–H groups in total. The highest BCUT2D eigenvalue weighted by Crippen LogP contribution is 2.49. The first-order valence-electron chi connectivity index (χ1n) is 7.81. The minimum Gasteiger partial charge on any atom is -0.258 e. The van der Waals surface area contributed by atoms with Crippen molar-refractivity contribution < 1.29 is 4.92 Å². The molecular formula is C17H24BrNO2. The van der Waals surface area contributed by atoms with Crippen LogP contribution in [0.1, 0.15) is 51.5 Å². The summed E-state index contributed by atoms with van der Waals surface area (Å²) in [6.45, 7) is 4.54. The number of benzene rings is 1. The van der Waals surface area contributed by atoms with Gasteiger partial charge < -0.3 is 0 Å². The lowest BCUT2D eigenvalue weighted by Crippen LogP contribution is -2.31. The molecule has 0 aromatic heterocycles. The Bertz CT molecular complexity index is 495. The Hall–Kier alpha value is -0.900. The number of nitro groups is 1. The van der Waals surface area contributed by atoms with Gasteiger partial charge in [-0.05, 0) is 37.0 Å². The van der Waals surface area contributed by atoms with Crippen molar-refractivity contribution in [3.05, 3.63) is 39.9 Å². The van der Waals surface area contributed by atoms with Crippen LogP contribution in [0.3, 0.4) is 0 Å². The summed E-state index contributed by atoms with van der Waals surface area (Å²) in [6, 6.07) is 7.14. The molecule has 4 heteroatoms. The number of para-hydroxylation sites is 1. The fraction of sp³-hybridized carbons (Fsp3) is 0.647. The third-order valence-corrected chi connectivity index (χ3v) is 5.96. The molecule has 1 aliphatic carbocycles. The average molecular weight is 354 g/mol. The number of hydrogen-bond acceptors (Lipinski definition) is 2. The zero-order chi connectivity index (χ0) is 15.5. The molecule has 1 unspecified atom stereocenters. The Kier molecular flexibility index (Phi) is 5.42. The zero-order valence-electron chi connectivity index (χ0n) is 12.8. The lowest BCUT2D eigenvalue weighted by atomic mass is 9.74. The second kappa shape index (κ2) is 6.91. The van der Waals surface area contributed by atoms with E-state index >= 15 is 0 Å². The second-order valence-electron chi connectivity index (χ2n) is 6.72. The number of halogens is 1. The average Bonchev–Trinajstić information content (AvgIpc) is 2.88. The largest absolute Gasteiger partial charge is 0.272 e. The van der Waals surface area contributed by atoms with Gasteiger partial charge in [0.15, 0.2) is 0 Å². The van der Waals surface area contributed by atoms with E-state index in [4.69, 9.17) is 0 Å². The van der Waals surface area contributed by atoms with Gasteiger partial charge in [0.1, 0.15) is 0 Å². The Labute approximate surface area is 135 Å². The molecule has 0 spiro atoms. The monoisotopic (exact) mass is 353 g/mol. The summed E-state index contributed by atoms with van der Waals surface area (Å²) >= 11 is 3.89. The standard InChI is InChI=1S/C17H24BrNO2/c1-13(2)12-17(9-5-6-10-17)16(18)11-14-7-3-4-8-15(14)19(20)21/h3-4,7-8,13,16H,5-6,9-12H2,1-2H3. The van der Waals surface area contributed by atoms with E-state index in [1.807, 2.05) is 12.1 Å². The van der Waals surface area contributed by atoms with Crippen LogP contribution in [0, 0.1) is 21.4 Å². The van der Waals surface area contributed by atoms with E-state index in [1.165, 1.54) is 32.1 Å². The molecular weight excluding hydrogens is 330 g/mol. The summed E-state index contributed by atoms with van der Waals surface area (Å²) in [5, 5.41) is 11.2. The fourth-order valence-corrected chi connectivity index (χ4v) is 4.80. The van der Waals surface area contributed by atoms with Crippen LogP contribution in [0.4, 0.5) is 5.69 Å². The van der Waals surface area contributed by atoms with Gasteiger partial charge in [0, 0.05) is 16.5 Å². The molecule has 21 heavy (non-hydrogen) atoms. The molecule has 0 amide bonds. The summed E-state index contributed by atoms with van der Waals surface area (Å²) in [7, 11) is 0. The number of nitro benzene ring substituents is 1. The third kappa shape index (κ3) is 3.85. The predicted octanol–water partition coefficient (Wildman–Crippen LogP) is 5.51. The number of hydrogen-bond donors (Lipinski definition) is 0. The van der Waals surface area contributed by atoms with Crippen molar-refractivity contribution in [1.82, 2.24) is 0 Å². The van der Waals surface area contributed by atoms with E-state index in [2.05, 4.69) is 29.8 Å². The van der Waals surface area contributed by atoms with Gasteiger partial charge in [0.25, 0.3) is 5.69 Å². The van der Waals surface area contributed by atoms with Crippen molar-refractivity contribution >= 4 is 21.6 Å². The van der Waals surface area contributed by atoms with E-state index in [0.29, 0.717) is 16.2 Å². The maximum absolute atomic E-state index is 11.2. The number of rotatable bonds is 6. The van der Waals surface area contributed by atoms with Crippen LogP contribution in [-0.2, 0) is 6.42 Å². The Morgan fingerprint density at radius 1 is 1.29 bits per heavy atom. The molecule has 0 heterocycles. The zero-order valence-corrected chi connectivity index (χ0v) is 14.4. The Morgan fingerprint density at radius 3 is 2.48 bits per heavy atom. The molecule has 1 aromatic rings. The number of nitrogens with zero attached hydrogens (tertiary/aromatic N) is 1. The van der Waals surface area contributed by atoms with Crippen LogP contribution in [0.25, 0.3) is 0 Å². The molecule has 116 valence electrons. The molecule has 1 fully saturated rings. The minimum absolute atomic E-state index is 0.250. The highest BCUT2D eigenvalue weighted by molar-refractivity contribution is 9.09. The predicted molar refractivity (Wildman–Crippen MR) is 89.9 cm³/mol. The summed E-state index contributed by atoms with van der Waals surface area (Å²) in [4.78, 5) is 11.2. The Morgan fingerprint density at radius 2 is 1.90 bits per heavy atom. The maximum Gasteiger partial charge on any atom is 0.272 e. The van der Waals surface area contributed by atoms with Crippen molar-refractivity contribution in [2.24, 2.45) is 11.3 Å². The highest BCUT2D eigenvalue weighted by Gasteiger charge is 2.40.